The lowest BCUT2D eigenvalue weighted by atomic mass is 9.95. The van der Waals surface area contributed by atoms with E-state index in [1.807, 2.05) is 32.0 Å². The molecule has 1 saturated carbocycles. The van der Waals surface area contributed by atoms with Gasteiger partial charge >= 0.3 is 5.97 Å². The molecular formula is C20H26N2O4S. The summed E-state index contributed by atoms with van der Waals surface area (Å²) in [4.78, 5) is 12.3. The number of thiocarbonyl (C=S) groups is 1. The van der Waals surface area contributed by atoms with Crippen molar-refractivity contribution in [1.29, 1.82) is 0 Å². The Kier molecular flexibility index (Phi) is 6.21. The summed E-state index contributed by atoms with van der Waals surface area (Å²) in [5.74, 6) is 1.02. The van der Waals surface area contributed by atoms with E-state index < -0.39 is 12.0 Å². The summed E-state index contributed by atoms with van der Waals surface area (Å²) < 4.78 is 16.9. The Morgan fingerprint density at radius 3 is 2.67 bits per heavy atom. The van der Waals surface area contributed by atoms with Gasteiger partial charge in [-0.05, 0) is 69.4 Å². The number of nitrogens with one attached hydrogen (secondary N) is 2. The van der Waals surface area contributed by atoms with Crippen LogP contribution in [0.2, 0.25) is 0 Å². The number of ether oxygens (including phenoxy) is 3. The second-order valence-corrected chi connectivity index (χ2v) is 7.13. The third kappa shape index (κ3) is 4.35. The van der Waals surface area contributed by atoms with Crippen LogP contribution in [-0.4, -0.2) is 30.9 Å². The van der Waals surface area contributed by atoms with Crippen molar-refractivity contribution in [1.82, 2.24) is 10.6 Å². The van der Waals surface area contributed by atoms with Crippen LogP contribution in [0.15, 0.2) is 29.5 Å². The van der Waals surface area contributed by atoms with Crippen molar-refractivity contribution >= 4 is 23.3 Å². The van der Waals surface area contributed by atoms with E-state index in [-0.39, 0.29) is 6.10 Å². The topological polar surface area (TPSA) is 68.8 Å². The maximum Gasteiger partial charge on any atom is 0.337 e. The van der Waals surface area contributed by atoms with E-state index in [1.165, 1.54) is 20.0 Å². The molecule has 0 spiro atoms. The van der Waals surface area contributed by atoms with Gasteiger partial charge in [0.1, 0.15) is 0 Å². The van der Waals surface area contributed by atoms with Crippen molar-refractivity contribution in [2.75, 3.05) is 13.7 Å². The van der Waals surface area contributed by atoms with Crippen molar-refractivity contribution in [2.24, 2.45) is 0 Å². The van der Waals surface area contributed by atoms with E-state index in [2.05, 4.69) is 10.6 Å². The quantitative estimate of drug-likeness (QED) is 0.570. The van der Waals surface area contributed by atoms with E-state index in [0.717, 1.165) is 24.2 Å². The maximum atomic E-state index is 12.3. The van der Waals surface area contributed by atoms with Crippen LogP contribution in [0, 0.1) is 0 Å². The summed E-state index contributed by atoms with van der Waals surface area (Å²) in [7, 11) is 1.37. The molecule has 0 radical (unpaired) electrons. The van der Waals surface area contributed by atoms with Gasteiger partial charge in [-0.15, -0.1) is 0 Å². The van der Waals surface area contributed by atoms with Crippen LogP contribution in [0.1, 0.15) is 51.1 Å². The summed E-state index contributed by atoms with van der Waals surface area (Å²) in [6.45, 7) is 4.28. The Morgan fingerprint density at radius 1 is 1.26 bits per heavy atom. The number of methoxy groups -OCH3 is 1. The Labute approximate surface area is 165 Å². The largest absolute Gasteiger partial charge is 0.490 e. The van der Waals surface area contributed by atoms with Crippen molar-refractivity contribution in [3.8, 4) is 11.5 Å². The summed E-state index contributed by atoms with van der Waals surface area (Å²) in [6.07, 6.45) is 4.80. The van der Waals surface area contributed by atoms with Crippen molar-refractivity contribution in [3.05, 3.63) is 35.0 Å². The van der Waals surface area contributed by atoms with Gasteiger partial charge in [0.25, 0.3) is 0 Å². The molecule has 2 aliphatic rings. The first-order chi connectivity index (χ1) is 13.0. The smallest absolute Gasteiger partial charge is 0.337 e. The molecule has 1 aliphatic carbocycles. The Morgan fingerprint density at radius 2 is 2.00 bits per heavy atom. The molecule has 6 nitrogen and oxygen atoms in total. The standard InChI is InChI=1S/C20H26N2O4S/c1-4-25-16-11-13(9-10-15(16)26-14-7-5-6-8-14)18-17(19(23)24-3)12(2)21-20(27)22-18/h9-11,14,18H,4-8H2,1-3H3,(H2,21,22,27)/t18-/m0/s1. The molecule has 7 heteroatoms. The fraction of sp³-hybridized carbons (Fsp3) is 0.500. The number of esters is 1. The van der Waals surface area contributed by atoms with E-state index >= 15 is 0 Å². The molecule has 2 N–H and O–H groups in total. The summed E-state index contributed by atoms with van der Waals surface area (Å²) in [5, 5.41) is 6.61. The van der Waals surface area contributed by atoms with Crippen LogP contribution in [0.5, 0.6) is 11.5 Å². The molecule has 0 saturated heterocycles. The third-order valence-corrected chi connectivity index (χ3v) is 5.09. The lowest BCUT2D eigenvalue weighted by molar-refractivity contribution is -0.136. The number of rotatable bonds is 6. The van der Waals surface area contributed by atoms with Crippen LogP contribution >= 0.6 is 12.2 Å². The fourth-order valence-corrected chi connectivity index (χ4v) is 3.85. The van der Waals surface area contributed by atoms with Crippen LogP contribution < -0.4 is 20.1 Å². The van der Waals surface area contributed by atoms with Gasteiger partial charge in [-0.2, -0.15) is 0 Å². The first-order valence-corrected chi connectivity index (χ1v) is 9.74. The molecule has 1 aromatic carbocycles. The monoisotopic (exact) mass is 390 g/mol. The van der Waals surface area contributed by atoms with Crippen molar-refractivity contribution in [3.63, 3.8) is 0 Å². The first-order valence-electron chi connectivity index (χ1n) is 9.33. The summed E-state index contributed by atoms with van der Waals surface area (Å²) in [6, 6.07) is 5.35. The summed E-state index contributed by atoms with van der Waals surface area (Å²) in [5.41, 5.74) is 2.04. The van der Waals surface area contributed by atoms with Gasteiger partial charge < -0.3 is 24.8 Å². The number of hydrogen-bond acceptors (Lipinski definition) is 5. The van der Waals surface area contributed by atoms with Gasteiger partial charge in [0.15, 0.2) is 16.6 Å². The Hall–Kier alpha value is -2.28. The number of allylic oxidation sites excluding steroid dienone is 1. The minimum atomic E-state index is -0.411. The van der Waals surface area contributed by atoms with Crippen LogP contribution in [0.25, 0.3) is 0 Å². The first kappa shape index (κ1) is 19.5. The third-order valence-electron chi connectivity index (χ3n) is 4.87. The molecule has 1 aromatic rings. The molecular weight excluding hydrogens is 364 g/mol. The predicted molar refractivity (Wildman–Crippen MR) is 107 cm³/mol. The average molecular weight is 391 g/mol. The zero-order valence-corrected chi connectivity index (χ0v) is 16.8. The minimum absolute atomic E-state index is 0.243. The molecule has 1 fully saturated rings. The van der Waals surface area contributed by atoms with E-state index in [0.29, 0.717) is 28.7 Å². The number of carbonyl (C=O) groups excluding carboxylic acids is 1. The second kappa shape index (κ2) is 8.61. The van der Waals surface area contributed by atoms with Crippen molar-refractivity contribution < 1.29 is 19.0 Å². The predicted octanol–water partition coefficient (Wildman–Crippen LogP) is 3.37. The SMILES string of the molecule is CCOc1cc([C@@H]2NC(=S)NC(C)=C2C(=O)OC)ccc1OC1CCCC1. The number of carbonyl (C=O) groups is 1. The molecule has 0 aromatic heterocycles. The molecule has 3 rings (SSSR count). The highest BCUT2D eigenvalue weighted by molar-refractivity contribution is 7.80. The van der Waals surface area contributed by atoms with Gasteiger partial charge in [0, 0.05) is 5.70 Å². The van der Waals surface area contributed by atoms with Gasteiger partial charge in [-0.1, -0.05) is 6.07 Å². The summed E-state index contributed by atoms with van der Waals surface area (Å²) >= 11 is 5.28. The highest BCUT2D eigenvalue weighted by Gasteiger charge is 2.31. The normalized spacial score (nSPS) is 20.1. The maximum absolute atomic E-state index is 12.3. The lowest BCUT2D eigenvalue weighted by Crippen LogP contribution is -2.45. The highest BCUT2D eigenvalue weighted by Crippen LogP contribution is 2.36. The van der Waals surface area contributed by atoms with Crippen LogP contribution in [0.4, 0.5) is 0 Å². The molecule has 0 bridgehead atoms. The molecule has 0 unspecified atom stereocenters. The van der Waals surface area contributed by atoms with E-state index in [4.69, 9.17) is 26.4 Å². The van der Waals surface area contributed by atoms with Crippen LogP contribution in [0.3, 0.4) is 0 Å². The minimum Gasteiger partial charge on any atom is -0.490 e. The number of benzene rings is 1. The zero-order chi connectivity index (χ0) is 19.4. The Balaban J connectivity index is 1.94. The van der Waals surface area contributed by atoms with Gasteiger partial charge in [-0.25, -0.2) is 4.79 Å². The number of hydrogen-bond donors (Lipinski definition) is 2. The highest BCUT2D eigenvalue weighted by atomic mass is 32.1. The lowest BCUT2D eigenvalue weighted by Gasteiger charge is -2.30. The molecule has 1 atom stereocenters. The van der Waals surface area contributed by atoms with E-state index in [1.54, 1.807) is 0 Å². The van der Waals surface area contributed by atoms with Crippen molar-refractivity contribution in [2.45, 2.75) is 51.7 Å². The zero-order valence-electron chi connectivity index (χ0n) is 16.0. The van der Waals surface area contributed by atoms with Gasteiger partial charge in [0.2, 0.25) is 0 Å². The van der Waals surface area contributed by atoms with Gasteiger partial charge in [-0.3, -0.25) is 0 Å². The molecule has 27 heavy (non-hydrogen) atoms. The second-order valence-electron chi connectivity index (χ2n) is 6.73. The molecule has 1 heterocycles. The van der Waals surface area contributed by atoms with Crippen LogP contribution in [-0.2, 0) is 9.53 Å². The average Bonchev–Trinajstić information content (AvgIpc) is 3.15. The Bertz CT molecular complexity index is 756. The van der Waals surface area contributed by atoms with Gasteiger partial charge in [0.05, 0.1) is 31.4 Å². The molecule has 146 valence electrons. The molecule has 1 aliphatic heterocycles. The van der Waals surface area contributed by atoms with E-state index in [9.17, 15) is 4.79 Å². The fourth-order valence-electron chi connectivity index (χ4n) is 3.58. The molecule has 0 amide bonds.